The molecule has 0 N–H and O–H groups in total. The van der Waals surface area contributed by atoms with Crippen molar-refractivity contribution in [3.63, 3.8) is 0 Å². The molecule has 0 saturated carbocycles. The molecule has 15 heavy (non-hydrogen) atoms. The highest BCUT2D eigenvalue weighted by Gasteiger charge is 2.05. The van der Waals surface area contributed by atoms with Crippen LogP contribution in [0.3, 0.4) is 0 Å². The Balaban J connectivity index is 2.42. The van der Waals surface area contributed by atoms with Crippen LogP contribution in [0.5, 0.6) is 5.75 Å². The highest BCUT2D eigenvalue weighted by molar-refractivity contribution is 5.84. The summed E-state index contributed by atoms with van der Waals surface area (Å²) >= 11 is 0. The fraction of sp³-hybridized carbons (Fsp3) is 0.308. The van der Waals surface area contributed by atoms with Gasteiger partial charge in [0, 0.05) is 11.6 Å². The Labute approximate surface area is 89.9 Å². The van der Waals surface area contributed by atoms with Gasteiger partial charge in [-0.25, -0.2) is 0 Å². The molecule has 0 aliphatic heterocycles. The van der Waals surface area contributed by atoms with E-state index in [9.17, 15) is 0 Å². The maximum atomic E-state index is 5.84. The highest BCUT2D eigenvalue weighted by atomic mass is 16.5. The van der Waals surface area contributed by atoms with Gasteiger partial charge in [-0.3, -0.25) is 4.98 Å². The molecular weight excluding hydrogens is 186 g/mol. The third-order valence-electron chi connectivity index (χ3n) is 2.51. The lowest BCUT2D eigenvalue weighted by atomic mass is 10.2. The third kappa shape index (κ3) is 2.09. The van der Waals surface area contributed by atoms with E-state index < -0.39 is 0 Å². The number of rotatable bonds is 3. The van der Waals surface area contributed by atoms with Gasteiger partial charge < -0.3 is 4.74 Å². The first kappa shape index (κ1) is 9.97. The number of ether oxygens (including phenoxy) is 1. The summed E-state index contributed by atoms with van der Waals surface area (Å²) in [6, 6.07) is 9.95. The van der Waals surface area contributed by atoms with Crippen molar-refractivity contribution in [1.82, 2.24) is 4.98 Å². The van der Waals surface area contributed by atoms with Crippen LogP contribution in [0.2, 0.25) is 0 Å². The lowest BCUT2D eigenvalue weighted by molar-refractivity contribution is 0.220. The molecule has 78 valence electrons. The number of hydrogen-bond acceptors (Lipinski definition) is 2. The van der Waals surface area contributed by atoms with E-state index in [4.69, 9.17) is 4.74 Å². The van der Waals surface area contributed by atoms with Crippen molar-refractivity contribution in [2.75, 3.05) is 0 Å². The van der Waals surface area contributed by atoms with Gasteiger partial charge in [0.25, 0.3) is 0 Å². The van der Waals surface area contributed by atoms with E-state index in [0.717, 1.165) is 23.1 Å². The zero-order valence-electron chi connectivity index (χ0n) is 9.10. The summed E-state index contributed by atoms with van der Waals surface area (Å²) in [4.78, 5) is 4.29. The first-order chi connectivity index (χ1) is 7.31. The summed E-state index contributed by atoms with van der Waals surface area (Å²) in [5.74, 6) is 0.926. The number of benzene rings is 1. The maximum absolute atomic E-state index is 5.84. The second kappa shape index (κ2) is 4.30. The average Bonchev–Trinajstić information content (AvgIpc) is 2.29. The second-order valence-electron chi connectivity index (χ2n) is 3.66. The molecule has 1 aromatic carbocycles. The Morgan fingerprint density at radius 2 is 2.13 bits per heavy atom. The van der Waals surface area contributed by atoms with Gasteiger partial charge in [-0.2, -0.15) is 0 Å². The molecule has 0 fully saturated rings. The largest absolute Gasteiger partial charge is 0.490 e. The second-order valence-corrected chi connectivity index (χ2v) is 3.66. The van der Waals surface area contributed by atoms with Crippen molar-refractivity contribution >= 4 is 10.9 Å². The molecule has 0 aliphatic rings. The van der Waals surface area contributed by atoms with Crippen molar-refractivity contribution < 1.29 is 4.74 Å². The van der Waals surface area contributed by atoms with E-state index in [1.807, 2.05) is 30.3 Å². The van der Waals surface area contributed by atoms with Gasteiger partial charge in [0.1, 0.15) is 5.75 Å². The minimum Gasteiger partial charge on any atom is -0.490 e. The minimum atomic E-state index is 0.246. The number of pyridine rings is 1. The normalized spacial score (nSPS) is 12.7. The lowest BCUT2D eigenvalue weighted by Crippen LogP contribution is -2.09. The molecule has 1 aromatic heterocycles. The Morgan fingerprint density at radius 3 is 2.93 bits per heavy atom. The average molecular weight is 201 g/mol. The van der Waals surface area contributed by atoms with Crippen molar-refractivity contribution in [3.05, 3.63) is 36.5 Å². The van der Waals surface area contributed by atoms with Gasteiger partial charge in [0.15, 0.2) is 0 Å². The molecule has 0 spiro atoms. The van der Waals surface area contributed by atoms with Crippen LogP contribution in [-0.4, -0.2) is 11.1 Å². The quantitative estimate of drug-likeness (QED) is 0.759. The van der Waals surface area contributed by atoms with Crippen molar-refractivity contribution in [1.29, 1.82) is 0 Å². The number of aromatic nitrogens is 1. The molecule has 2 rings (SSSR count). The Kier molecular flexibility index (Phi) is 2.86. The molecule has 2 nitrogen and oxygen atoms in total. The summed E-state index contributed by atoms with van der Waals surface area (Å²) in [6.45, 7) is 4.20. The van der Waals surface area contributed by atoms with Crippen LogP contribution >= 0.6 is 0 Å². The standard InChI is InChI=1S/C13H15NO/c1-3-10(2)15-13-8-4-7-12-11(13)6-5-9-14-12/h4-10H,3H2,1-2H3. The smallest absolute Gasteiger partial charge is 0.129 e. The zero-order valence-corrected chi connectivity index (χ0v) is 9.10. The van der Waals surface area contributed by atoms with E-state index >= 15 is 0 Å². The summed E-state index contributed by atoms with van der Waals surface area (Å²) in [6.07, 6.45) is 3.06. The SMILES string of the molecule is CCC(C)Oc1cccc2ncccc12. The van der Waals surface area contributed by atoms with Gasteiger partial charge in [0.2, 0.25) is 0 Å². The molecule has 1 atom stereocenters. The summed E-state index contributed by atoms with van der Waals surface area (Å²) in [5, 5.41) is 1.08. The molecular formula is C13H15NO. The van der Waals surface area contributed by atoms with Crippen LogP contribution in [-0.2, 0) is 0 Å². The fourth-order valence-electron chi connectivity index (χ4n) is 1.48. The number of fused-ring (bicyclic) bond motifs is 1. The minimum absolute atomic E-state index is 0.246. The van der Waals surface area contributed by atoms with Crippen molar-refractivity contribution in [2.24, 2.45) is 0 Å². The van der Waals surface area contributed by atoms with E-state index in [1.54, 1.807) is 6.20 Å². The third-order valence-corrected chi connectivity index (χ3v) is 2.51. The zero-order chi connectivity index (χ0) is 10.7. The molecule has 2 heteroatoms. The van der Waals surface area contributed by atoms with E-state index in [-0.39, 0.29) is 6.10 Å². The Hall–Kier alpha value is -1.57. The summed E-state index contributed by atoms with van der Waals surface area (Å²) < 4.78 is 5.84. The van der Waals surface area contributed by atoms with Crippen molar-refractivity contribution in [2.45, 2.75) is 26.4 Å². The summed E-state index contributed by atoms with van der Waals surface area (Å²) in [5.41, 5.74) is 0.985. The molecule has 0 amide bonds. The Bertz CT molecular complexity index is 448. The fourth-order valence-corrected chi connectivity index (χ4v) is 1.48. The predicted octanol–water partition coefficient (Wildman–Crippen LogP) is 3.41. The van der Waals surface area contributed by atoms with Gasteiger partial charge in [0.05, 0.1) is 11.6 Å². The lowest BCUT2D eigenvalue weighted by Gasteiger charge is -2.14. The number of hydrogen-bond donors (Lipinski definition) is 0. The number of nitrogens with zero attached hydrogens (tertiary/aromatic N) is 1. The van der Waals surface area contributed by atoms with Crippen LogP contribution < -0.4 is 4.74 Å². The molecule has 0 aliphatic carbocycles. The molecule has 1 unspecified atom stereocenters. The van der Waals surface area contributed by atoms with Crippen LogP contribution in [0.15, 0.2) is 36.5 Å². The predicted molar refractivity (Wildman–Crippen MR) is 62.1 cm³/mol. The molecule has 0 bridgehead atoms. The first-order valence-corrected chi connectivity index (χ1v) is 5.31. The van der Waals surface area contributed by atoms with E-state index in [2.05, 4.69) is 18.8 Å². The van der Waals surface area contributed by atoms with Gasteiger partial charge in [-0.15, -0.1) is 0 Å². The van der Waals surface area contributed by atoms with E-state index in [1.165, 1.54) is 0 Å². The molecule has 2 aromatic rings. The van der Waals surface area contributed by atoms with E-state index in [0.29, 0.717) is 0 Å². The molecule has 0 radical (unpaired) electrons. The first-order valence-electron chi connectivity index (χ1n) is 5.31. The van der Waals surface area contributed by atoms with Gasteiger partial charge in [-0.05, 0) is 37.6 Å². The molecule has 1 heterocycles. The van der Waals surface area contributed by atoms with Gasteiger partial charge >= 0.3 is 0 Å². The topological polar surface area (TPSA) is 22.1 Å². The van der Waals surface area contributed by atoms with Crippen LogP contribution in [0.25, 0.3) is 10.9 Å². The van der Waals surface area contributed by atoms with Crippen LogP contribution in [0, 0.1) is 0 Å². The van der Waals surface area contributed by atoms with Gasteiger partial charge in [-0.1, -0.05) is 13.0 Å². The summed E-state index contributed by atoms with van der Waals surface area (Å²) in [7, 11) is 0. The Morgan fingerprint density at radius 1 is 1.27 bits per heavy atom. The molecule has 0 saturated heterocycles. The maximum Gasteiger partial charge on any atom is 0.129 e. The monoisotopic (exact) mass is 201 g/mol. The van der Waals surface area contributed by atoms with Crippen LogP contribution in [0.4, 0.5) is 0 Å². The highest BCUT2D eigenvalue weighted by Crippen LogP contribution is 2.24. The van der Waals surface area contributed by atoms with Crippen molar-refractivity contribution in [3.8, 4) is 5.75 Å². The van der Waals surface area contributed by atoms with Crippen LogP contribution in [0.1, 0.15) is 20.3 Å².